The van der Waals surface area contributed by atoms with Gasteiger partial charge in [-0.15, -0.1) is 0 Å². The fraction of sp³-hybridized carbons (Fsp3) is 0.308. The maximum atomic E-state index is 5.74. The Morgan fingerprint density at radius 2 is 2.00 bits per heavy atom. The highest BCUT2D eigenvalue weighted by Gasteiger charge is 2.12. The molecule has 0 saturated heterocycles. The predicted octanol–water partition coefficient (Wildman–Crippen LogP) is 3.02. The third kappa shape index (κ3) is 2.15. The van der Waals surface area contributed by atoms with E-state index < -0.39 is 0 Å². The van der Waals surface area contributed by atoms with Crippen LogP contribution in [-0.2, 0) is 6.54 Å². The third-order valence-electron chi connectivity index (χ3n) is 3.03. The zero-order chi connectivity index (χ0) is 12.6. The van der Waals surface area contributed by atoms with Gasteiger partial charge < -0.3 is 5.73 Å². The summed E-state index contributed by atoms with van der Waals surface area (Å²) in [6, 6.07) is 6.19. The predicted molar refractivity (Wildman–Crippen MR) is 73.4 cm³/mol. The van der Waals surface area contributed by atoms with Crippen LogP contribution in [0.15, 0.2) is 22.7 Å². The van der Waals surface area contributed by atoms with Crippen molar-refractivity contribution >= 4 is 15.9 Å². The van der Waals surface area contributed by atoms with Crippen LogP contribution in [0.3, 0.4) is 0 Å². The fourth-order valence-corrected chi connectivity index (χ4v) is 2.54. The smallest absolute Gasteiger partial charge is 0.0678 e. The van der Waals surface area contributed by atoms with Gasteiger partial charge in [-0.3, -0.25) is 0 Å². The maximum absolute atomic E-state index is 5.74. The number of benzene rings is 1. The van der Waals surface area contributed by atoms with E-state index in [4.69, 9.17) is 5.73 Å². The van der Waals surface area contributed by atoms with Gasteiger partial charge in [-0.2, -0.15) is 5.10 Å². The Morgan fingerprint density at radius 1 is 1.29 bits per heavy atom. The molecule has 0 amide bonds. The fourth-order valence-electron chi connectivity index (χ4n) is 2.06. The standard InChI is InChI=1S/C13H16BrN3/c1-8-6-11(14)4-5-13(8)17-10(3)12(7-15)9(2)16-17/h4-6H,7,15H2,1-3H3. The summed E-state index contributed by atoms with van der Waals surface area (Å²) in [6.07, 6.45) is 0. The second kappa shape index (κ2) is 4.63. The van der Waals surface area contributed by atoms with Crippen LogP contribution in [0.5, 0.6) is 0 Å². The van der Waals surface area contributed by atoms with Gasteiger partial charge in [-0.05, 0) is 44.5 Å². The quantitative estimate of drug-likeness (QED) is 0.925. The molecule has 0 fully saturated rings. The molecule has 3 nitrogen and oxygen atoms in total. The molecular weight excluding hydrogens is 278 g/mol. The summed E-state index contributed by atoms with van der Waals surface area (Å²) in [6.45, 7) is 6.68. The summed E-state index contributed by atoms with van der Waals surface area (Å²) in [5, 5.41) is 4.56. The first-order valence-electron chi connectivity index (χ1n) is 5.56. The molecule has 17 heavy (non-hydrogen) atoms. The Hall–Kier alpha value is -1.13. The van der Waals surface area contributed by atoms with Crippen molar-refractivity contribution < 1.29 is 0 Å². The van der Waals surface area contributed by atoms with Crippen LogP contribution in [0.4, 0.5) is 0 Å². The average Bonchev–Trinajstić information content (AvgIpc) is 2.54. The minimum atomic E-state index is 0.535. The molecule has 0 spiro atoms. The third-order valence-corrected chi connectivity index (χ3v) is 3.53. The van der Waals surface area contributed by atoms with E-state index in [0.29, 0.717) is 6.54 Å². The summed E-state index contributed by atoms with van der Waals surface area (Å²) in [5.74, 6) is 0. The highest BCUT2D eigenvalue weighted by Crippen LogP contribution is 2.22. The Labute approximate surface area is 110 Å². The van der Waals surface area contributed by atoms with Crippen LogP contribution in [0.25, 0.3) is 5.69 Å². The molecule has 1 aromatic carbocycles. The summed E-state index contributed by atoms with van der Waals surface area (Å²) >= 11 is 3.47. The van der Waals surface area contributed by atoms with Gasteiger partial charge >= 0.3 is 0 Å². The number of nitrogens with zero attached hydrogens (tertiary/aromatic N) is 2. The van der Waals surface area contributed by atoms with Gasteiger partial charge in [0.25, 0.3) is 0 Å². The van der Waals surface area contributed by atoms with Gasteiger partial charge in [0.1, 0.15) is 0 Å². The van der Waals surface area contributed by atoms with E-state index in [2.05, 4.69) is 47.0 Å². The number of aromatic nitrogens is 2. The Balaban J connectivity index is 2.61. The van der Waals surface area contributed by atoms with E-state index in [0.717, 1.165) is 27.1 Å². The normalized spacial score (nSPS) is 10.9. The van der Waals surface area contributed by atoms with E-state index in [1.165, 1.54) is 5.56 Å². The number of hydrogen-bond donors (Lipinski definition) is 1. The molecular formula is C13H16BrN3. The molecule has 2 rings (SSSR count). The molecule has 1 heterocycles. The largest absolute Gasteiger partial charge is 0.326 e. The summed E-state index contributed by atoms with van der Waals surface area (Å²) in [5.41, 5.74) is 11.3. The molecule has 0 radical (unpaired) electrons. The Morgan fingerprint density at radius 3 is 2.53 bits per heavy atom. The lowest BCUT2D eigenvalue weighted by Gasteiger charge is -2.08. The second-order valence-electron chi connectivity index (χ2n) is 4.20. The van der Waals surface area contributed by atoms with Crippen LogP contribution < -0.4 is 5.73 Å². The molecule has 2 aromatic rings. The minimum absolute atomic E-state index is 0.535. The van der Waals surface area contributed by atoms with E-state index in [1.54, 1.807) is 0 Å². The van der Waals surface area contributed by atoms with Crippen molar-refractivity contribution in [2.45, 2.75) is 27.3 Å². The monoisotopic (exact) mass is 293 g/mol. The van der Waals surface area contributed by atoms with Crippen molar-refractivity contribution in [2.75, 3.05) is 0 Å². The van der Waals surface area contributed by atoms with Crippen molar-refractivity contribution in [3.8, 4) is 5.69 Å². The zero-order valence-corrected chi connectivity index (χ0v) is 11.9. The number of aryl methyl sites for hydroxylation is 2. The minimum Gasteiger partial charge on any atom is -0.326 e. The SMILES string of the molecule is Cc1cc(Br)ccc1-n1nc(C)c(CN)c1C. The van der Waals surface area contributed by atoms with Crippen LogP contribution >= 0.6 is 15.9 Å². The lowest BCUT2D eigenvalue weighted by Crippen LogP contribution is -2.03. The summed E-state index contributed by atoms with van der Waals surface area (Å²) in [7, 11) is 0. The van der Waals surface area contributed by atoms with Crippen molar-refractivity contribution in [3.05, 3.63) is 45.2 Å². The lowest BCUT2D eigenvalue weighted by molar-refractivity contribution is 0.826. The molecule has 1 aromatic heterocycles. The average molecular weight is 294 g/mol. The van der Waals surface area contributed by atoms with Crippen LogP contribution in [0.2, 0.25) is 0 Å². The number of hydrogen-bond acceptors (Lipinski definition) is 2. The highest BCUT2D eigenvalue weighted by molar-refractivity contribution is 9.10. The molecule has 0 unspecified atom stereocenters. The van der Waals surface area contributed by atoms with Crippen molar-refractivity contribution in [3.63, 3.8) is 0 Å². The first-order chi connectivity index (χ1) is 8.04. The van der Waals surface area contributed by atoms with Gasteiger partial charge in [-0.25, -0.2) is 4.68 Å². The van der Waals surface area contributed by atoms with E-state index in [9.17, 15) is 0 Å². The molecule has 4 heteroatoms. The highest BCUT2D eigenvalue weighted by atomic mass is 79.9. The van der Waals surface area contributed by atoms with Gasteiger partial charge in [-0.1, -0.05) is 15.9 Å². The first kappa shape index (κ1) is 12.3. The molecule has 0 aliphatic rings. The zero-order valence-electron chi connectivity index (χ0n) is 10.3. The summed E-state index contributed by atoms with van der Waals surface area (Å²) < 4.78 is 3.05. The van der Waals surface area contributed by atoms with Gasteiger partial charge in [0.15, 0.2) is 0 Å². The molecule has 90 valence electrons. The maximum Gasteiger partial charge on any atom is 0.0678 e. The van der Waals surface area contributed by atoms with Gasteiger partial charge in [0.05, 0.1) is 11.4 Å². The number of rotatable bonds is 2. The first-order valence-corrected chi connectivity index (χ1v) is 6.35. The molecule has 0 atom stereocenters. The molecule has 0 aliphatic carbocycles. The van der Waals surface area contributed by atoms with Crippen LogP contribution in [0.1, 0.15) is 22.5 Å². The van der Waals surface area contributed by atoms with Gasteiger partial charge in [0.2, 0.25) is 0 Å². The molecule has 0 saturated carbocycles. The van der Waals surface area contributed by atoms with Crippen molar-refractivity contribution in [1.29, 1.82) is 0 Å². The van der Waals surface area contributed by atoms with Crippen LogP contribution in [-0.4, -0.2) is 9.78 Å². The topological polar surface area (TPSA) is 43.8 Å². The molecule has 0 bridgehead atoms. The van der Waals surface area contributed by atoms with Crippen molar-refractivity contribution in [2.24, 2.45) is 5.73 Å². The number of halogens is 1. The Kier molecular flexibility index (Phi) is 3.35. The summed E-state index contributed by atoms with van der Waals surface area (Å²) in [4.78, 5) is 0. The lowest BCUT2D eigenvalue weighted by atomic mass is 10.2. The number of nitrogens with two attached hydrogens (primary N) is 1. The van der Waals surface area contributed by atoms with Crippen LogP contribution in [0, 0.1) is 20.8 Å². The second-order valence-corrected chi connectivity index (χ2v) is 5.11. The van der Waals surface area contributed by atoms with E-state index >= 15 is 0 Å². The Bertz CT molecular complexity index is 558. The molecule has 0 aliphatic heterocycles. The van der Waals surface area contributed by atoms with Gasteiger partial charge in [0, 0.05) is 22.3 Å². The van der Waals surface area contributed by atoms with E-state index in [1.807, 2.05) is 17.7 Å². The van der Waals surface area contributed by atoms with E-state index in [-0.39, 0.29) is 0 Å². The van der Waals surface area contributed by atoms with Crippen molar-refractivity contribution in [1.82, 2.24) is 9.78 Å². The molecule has 2 N–H and O–H groups in total.